The van der Waals surface area contributed by atoms with E-state index in [9.17, 15) is 0 Å². The third-order valence-electron chi connectivity index (χ3n) is 1.55. The van der Waals surface area contributed by atoms with Crippen LogP contribution in [0.5, 0.6) is 0 Å². The van der Waals surface area contributed by atoms with Crippen molar-refractivity contribution in [1.82, 2.24) is 0 Å². The van der Waals surface area contributed by atoms with Crippen LogP contribution in [0.3, 0.4) is 0 Å². The molecule has 10 heavy (non-hydrogen) atoms. The zero-order chi connectivity index (χ0) is 7.83. The van der Waals surface area contributed by atoms with Crippen molar-refractivity contribution in [1.29, 1.82) is 0 Å². The number of rotatable bonds is 2. The van der Waals surface area contributed by atoms with Gasteiger partial charge in [-0.3, -0.25) is 0 Å². The standard InChI is InChI=1S/C6H12O2Si2/c1-5-9(3)7-10(4,6-2)8-9/h5-6H,1-2H2,3-4H3. The van der Waals surface area contributed by atoms with Crippen molar-refractivity contribution in [3.8, 4) is 0 Å². The first-order valence-electron chi connectivity index (χ1n) is 3.21. The zero-order valence-corrected chi connectivity index (χ0v) is 8.39. The Balaban J connectivity index is 2.57. The highest BCUT2D eigenvalue weighted by molar-refractivity contribution is 6.97. The molecule has 1 aliphatic heterocycles. The minimum absolute atomic E-state index is 1.80. The molecular weight excluding hydrogens is 160 g/mol. The summed E-state index contributed by atoms with van der Waals surface area (Å²) in [5.74, 6) is 0. The molecule has 0 radical (unpaired) electrons. The Morgan fingerprint density at radius 3 is 1.50 bits per heavy atom. The van der Waals surface area contributed by atoms with E-state index in [1.807, 2.05) is 13.1 Å². The molecule has 0 amide bonds. The van der Waals surface area contributed by atoms with Gasteiger partial charge in [-0.2, -0.15) is 0 Å². The van der Waals surface area contributed by atoms with Crippen LogP contribution >= 0.6 is 0 Å². The van der Waals surface area contributed by atoms with E-state index in [2.05, 4.69) is 13.2 Å². The van der Waals surface area contributed by atoms with Crippen molar-refractivity contribution in [2.45, 2.75) is 13.1 Å². The quantitative estimate of drug-likeness (QED) is 0.589. The van der Waals surface area contributed by atoms with E-state index >= 15 is 0 Å². The Bertz CT molecular complexity index is 155. The van der Waals surface area contributed by atoms with Crippen molar-refractivity contribution < 1.29 is 8.23 Å². The normalized spacial score (nSPS) is 45.8. The van der Waals surface area contributed by atoms with E-state index in [4.69, 9.17) is 8.23 Å². The Labute approximate surface area is 63.7 Å². The van der Waals surface area contributed by atoms with Gasteiger partial charge in [0.05, 0.1) is 0 Å². The minimum atomic E-state index is -1.87. The van der Waals surface area contributed by atoms with Crippen LogP contribution in [0.1, 0.15) is 0 Å². The van der Waals surface area contributed by atoms with Crippen LogP contribution < -0.4 is 0 Å². The first kappa shape index (κ1) is 7.94. The maximum absolute atomic E-state index is 5.63. The second-order valence-electron chi connectivity index (χ2n) is 2.64. The molecule has 0 saturated carbocycles. The lowest BCUT2D eigenvalue weighted by atomic mass is 11.3. The monoisotopic (exact) mass is 172 g/mol. The van der Waals surface area contributed by atoms with Gasteiger partial charge < -0.3 is 8.23 Å². The summed E-state index contributed by atoms with van der Waals surface area (Å²) in [6.07, 6.45) is 0. The van der Waals surface area contributed by atoms with Gasteiger partial charge in [0.1, 0.15) is 0 Å². The average Bonchev–Trinajstić information content (AvgIpc) is 1.85. The summed E-state index contributed by atoms with van der Waals surface area (Å²) in [6, 6.07) is 0. The first-order chi connectivity index (χ1) is 4.54. The molecule has 1 rings (SSSR count). The molecule has 0 unspecified atom stereocenters. The van der Waals surface area contributed by atoms with Crippen LogP contribution in [-0.4, -0.2) is 17.1 Å². The fraction of sp³-hybridized carbons (Fsp3) is 0.333. The van der Waals surface area contributed by atoms with Gasteiger partial charge in [0.2, 0.25) is 0 Å². The smallest absolute Gasteiger partial charge is 0.344 e. The van der Waals surface area contributed by atoms with E-state index < -0.39 is 17.1 Å². The van der Waals surface area contributed by atoms with Crippen molar-refractivity contribution in [2.75, 3.05) is 0 Å². The van der Waals surface area contributed by atoms with Gasteiger partial charge in [0.15, 0.2) is 0 Å². The summed E-state index contributed by atoms with van der Waals surface area (Å²) in [5.41, 5.74) is 3.59. The van der Waals surface area contributed by atoms with E-state index in [0.717, 1.165) is 0 Å². The SMILES string of the molecule is C=C[Si]1(C)O[Si](C)(C=C)O1. The second-order valence-corrected chi connectivity index (χ2v) is 9.16. The van der Waals surface area contributed by atoms with Crippen LogP contribution in [0.4, 0.5) is 0 Å². The van der Waals surface area contributed by atoms with Crippen molar-refractivity contribution in [3.05, 3.63) is 24.6 Å². The summed E-state index contributed by atoms with van der Waals surface area (Å²) in [6.45, 7) is 11.3. The van der Waals surface area contributed by atoms with Gasteiger partial charge in [0.25, 0.3) is 0 Å². The predicted molar refractivity (Wildman–Crippen MR) is 45.8 cm³/mol. The topological polar surface area (TPSA) is 18.5 Å². The Kier molecular flexibility index (Phi) is 1.72. The average molecular weight is 172 g/mol. The summed E-state index contributed by atoms with van der Waals surface area (Å²) in [5, 5.41) is 0. The maximum Gasteiger partial charge on any atom is 0.344 e. The van der Waals surface area contributed by atoms with Gasteiger partial charge in [0, 0.05) is 0 Å². The molecule has 56 valence electrons. The molecule has 0 spiro atoms. The molecule has 1 aliphatic rings. The molecule has 0 aromatic rings. The molecule has 1 heterocycles. The van der Waals surface area contributed by atoms with Gasteiger partial charge in [-0.1, -0.05) is 11.4 Å². The highest BCUT2D eigenvalue weighted by Gasteiger charge is 2.53. The van der Waals surface area contributed by atoms with Crippen molar-refractivity contribution >= 4 is 17.1 Å². The highest BCUT2D eigenvalue weighted by Crippen LogP contribution is 2.31. The van der Waals surface area contributed by atoms with Crippen LogP contribution in [0.25, 0.3) is 0 Å². The molecule has 0 aromatic heterocycles. The van der Waals surface area contributed by atoms with E-state index in [0.29, 0.717) is 0 Å². The Morgan fingerprint density at radius 2 is 1.30 bits per heavy atom. The van der Waals surface area contributed by atoms with Crippen molar-refractivity contribution in [3.63, 3.8) is 0 Å². The molecule has 4 heteroatoms. The molecule has 0 aromatic carbocycles. The van der Waals surface area contributed by atoms with Crippen molar-refractivity contribution in [2.24, 2.45) is 0 Å². The number of hydrogen-bond acceptors (Lipinski definition) is 2. The Hall–Kier alpha value is -0.166. The largest absolute Gasteiger partial charge is 0.410 e. The van der Waals surface area contributed by atoms with Crippen LogP contribution in [-0.2, 0) is 8.23 Å². The van der Waals surface area contributed by atoms with E-state index in [1.54, 1.807) is 11.4 Å². The van der Waals surface area contributed by atoms with Gasteiger partial charge >= 0.3 is 17.1 Å². The summed E-state index contributed by atoms with van der Waals surface area (Å²) in [7, 11) is -3.75. The Morgan fingerprint density at radius 1 is 1.00 bits per heavy atom. The first-order valence-corrected chi connectivity index (χ1v) is 8.00. The highest BCUT2D eigenvalue weighted by atomic mass is 28.5. The van der Waals surface area contributed by atoms with Gasteiger partial charge in [-0.25, -0.2) is 0 Å². The molecule has 0 aliphatic carbocycles. The van der Waals surface area contributed by atoms with Crippen LogP contribution in [0, 0.1) is 0 Å². The van der Waals surface area contributed by atoms with Crippen LogP contribution in [0.2, 0.25) is 13.1 Å². The zero-order valence-electron chi connectivity index (χ0n) is 6.39. The molecule has 1 saturated heterocycles. The molecule has 0 atom stereocenters. The van der Waals surface area contributed by atoms with E-state index in [1.165, 1.54) is 0 Å². The third-order valence-corrected chi connectivity index (χ3v) is 9.52. The lowest BCUT2D eigenvalue weighted by molar-refractivity contribution is 0.249. The molecule has 2 nitrogen and oxygen atoms in total. The fourth-order valence-corrected chi connectivity index (χ4v) is 8.81. The molecule has 1 fully saturated rings. The summed E-state index contributed by atoms with van der Waals surface area (Å²) < 4.78 is 11.3. The molecule has 0 bridgehead atoms. The predicted octanol–water partition coefficient (Wildman–Crippen LogP) is 1.63. The molecular formula is C6H12O2Si2. The summed E-state index contributed by atoms with van der Waals surface area (Å²) in [4.78, 5) is 0. The van der Waals surface area contributed by atoms with Gasteiger partial charge in [-0.05, 0) is 13.1 Å². The lowest BCUT2D eigenvalue weighted by Gasteiger charge is -2.46. The van der Waals surface area contributed by atoms with E-state index in [-0.39, 0.29) is 0 Å². The number of hydrogen-bond donors (Lipinski definition) is 0. The minimum Gasteiger partial charge on any atom is -0.410 e. The van der Waals surface area contributed by atoms with Gasteiger partial charge in [-0.15, -0.1) is 13.2 Å². The van der Waals surface area contributed by atoms with Crippen LogP contribution in [0.15, 0.2) is 24.6 Å². The fourth-order valence-electron chi connectivity index (χ4n) is 0.979. The molecule has 0 N–H and O–H groups in total. The third kappa shape index (κ3) is 1.15. The summed E-state index contributed by atoms with van der Waals surface area (Å²) >= 11 is 0. The maximum atomic E-state index is 5.63. The second kappa shape index (κ2) is 2.16. The lowest BCUT2D eigenvalue weighted by Crippen LogP contribution is -2.65.